The van der Waals surface area contributed by atoms with Crippen LogP contribution >= 0.6 is 0 Å². The molecule has 0 bridgehead atoms. The first-order valence-corrected chi connectivity index (χ1v) is 4.53. The predicted molar refractivity (Wildman–Crippen MR) is 53.5 cm³/mol. The Morgan fingerprint density at radius 2 is 1.47 bits per heavy atom. The van der Waals surface area contributed by atoms with Gasteiger partial charge in [0.1, 0.15) is 0 Å². The van der Waals surface area contributed by atoms with Crippen LogP contribution in [0.15, 0.2) is 42.5 Å². The first-order valence-electron chi connectivity index (χ1n) is 4.53. The molecule has 17 heavy (non-hydrogen) atoms. The third-order valence-corrected chi connectivity index (χ3v) is 2.62. The molecule has 0 spiro atoms. The fourth-order valence-corrected chi connectivity index (χ4v) is 2.00. The summed E-state index contributed by atoms with van der Waals surface area (Å²) in [7, 11) is 0. The van der Waals surface area contributed by atoms with Gasteiger partial charge in [0.05, 0.1) is 0 Å². The van der Waals surface area contributed by atoms with E-state index in [1.54, 1.807) is 0 Å². The molecule has 0 heterocycles. The normalized spacial score (nSPS) is 9.41. The monoisotopic (exact) mass is 312 g/mol. The van der Waals surface area contributed by atoms with Crippen LogP contribution in [0.1, 0.15) is 11.1 Å². The Balaban J connectivity index is 0. The molecule has 2 aromatic carbocycles. The van der Waals surface area contributed by atoms with Gasteiger partial charge in [-0.3, -0.25) is 0 Å². The van der Waals surface area contributed by atoms with E-state index in [4.69, 9.17) is 0 Å². The Labute approximate surface area is 117 Å². The average Bonchev–Trinajstić information content (AvgIpc) is 2.56. The van der Waals surface area contributed by atoms with Crippen LogP contribution in [-0.2, 0) is 32.6 Å². The van der Waals surface area contributed by atoms with Crippen molar-refractivity contribution in [2.45, 2.75) is 6.42 Å². The second-order valence-corrected chi connectivity index (χ2v) is 3.40. The van der Waals surface area contributed by atoms with E-state index in [0.29, 0.717) is 0 Å². The molecule has 4 heteroatoms. The predicted octanol–water partition coefficient (Wildman–Crippen LogP) is -5.93. The van der Waals surface area contributed by atoms with E-state index in [1.807, 2.05) is 6.07 Å². The summed E-state index contributed by atoms with van der Waals surface area (Å²) in [4.78, 5) is 0. The number of rotatable bonds is 0. The van der Waals surface area contributed by atoms with E-state index >= 15 is 0 Å². The van der Waals surface area contributed by atoms with E-state index in [2.05, 4.69) is 42.5 Å². The summed E-state index contributed by atoms with van der Waals surface area (Å²) in [6, 6.07) is 18.1. The van der Waals surface area contributed by atoms with Crippen LogP contribution in [0.5, 0.6) is 0 Å². The van der Waals surface area contributed by atoms with Crippen molar-refractivity contribution in [3.63, 3.8) is 0 Å². The van der Waals surface area contributed by atoms with Gasteiger partial charge in [0.2, 0.25) is 0 Å². The Kier molecular flexibility index (Phi) is 8.09. The maximum Gasteiger partial charge on any atom is 4.00 e. The van der Waals surface area contributed by atoms with Gasteiger partial charge in [-0.05, 0) is 6.42 Å². The van der Waals surface area contributed by atoms with Crippen LogP contribution in [0.4, 0.5) is 0 Å². The van der Waals surface area contributed by atoms with Crippen molar-refractivity contribution in [1.82, 2.24) is 0 Å². The van der Waals surface area contributed by atoms with E-state index < -0.39 is 0 Å². The van der Waals surface area contributed by atoms with Gasteiger partial charge >= 0.3 is 26.2 Å². The zero-order chi connectivity index (χ0) is 8.67. The van der Waals surface area contributed by atoms with Crippen LogP contribution < -0.4 is 14.1 Å². The molecule has 2 aromatic rings. The molecule has 0 nitrogen and oxygen atoms in total. The quantitative estimate of drug-likeness (QED) is 0.363. The topological polar surface area (TPSA) is 0 Å². The van der Waals surface area contributed by atoms with Crippen molar-refractivity contribution in [3.8, 4) is 11.1 Å². The van der Waals surface area contributed by atoms with Crippen molar-refractivity contribution in [3.05, 3.63) is 59.7 Å². The molecule has 0 fully saturated rings. The van der Waals surface area contributed by atoms with Crippen molar-refractivity contribution in [2.24, 2.45) is 0 Å². The Morgan fingerprint density at radius 3 is 2.24 bits per heavy atom. The molecule has 86 valence electrons. The summed E-state index contributed by atoms with van der Waals surface area (Å²) in [5.74, 6) is 0. The maximum absolute atomic E-state index is 3.30. The Hall–Kier alpha value is -0.887. The van der Waals surface area contributed by atoms with E-state index in [0.717, 1.165) is 6.42 Å². The molecular weight excluding hydrogens is 304 g/mol. The van der Waals surface area contributed by atoms with Gasteiger partial charge < -0.3 is 14.1 Å². The molecule has 0 atom stereocenters. The number of benzene rings is 2. The van der Waals surface area contributed by atoms with Crippen LogP contribution in [0, 0.1) is 6.07 Å². The summed E-state index contributed by atoms with van der Waals surface area (Å²) in [6.45, 7) is 0. The third-order valence-electron chi connectivity index (χ3n) is 2.62. The number of hydrogen-bond donors (Lipinski definition) is 0. The molecule has 3 rings (SSSR count). The Morgan fingerprint density at radius 1 is 0.824 bits per heavy atom. The molecule has 0 aromatic heterocycles. The molecule has 0 unspecified atom stereocenters. The second kappa shape index (κ2) is 7.44. The van der Waals surface area contributed by atoms with Gasteiger partial charge in [0, 0.05) is 0 Å². The fourth-order valence-electron chi connectivity index (χ4n) is 2.00. The summed E-state index contributed by atoms with van der Waals surface area (Å²) < 4.78 is 0. The molecule has 0 radical (unpaired) electrons. The van der Waals surface area contributed by atoms with Crippen molar-refractivity contribution >= 4 is 0 Å². The summed E-state index contributed by atoms with van der Waals surface area (Å²) >= 11 is 0. The average molecular weight is 313 g/mol. The Bertz CT molecular complexity index is 428. The molecule has 0 saturated heterocycles. The first-order chi connectivity index (χ1) is 6.45. The third kappa shape index (κ3) is 3.07. The van der Waals surface area contributed by atoms with E-state index in [9.17, 15) is 0 Å². The fraction of sp³-hybridized carbons (Fsp3) is 0.0769. The van der Waals surface area contributed by atoms with Gasteiger partial charge in [0.25, 0.3) is 0 Å². The van der Waals surface area contributed by atoms with E-state index in [1.165, 1.54) is 22.3 Å². The molecule has 0 saturated carbocycles. The second-order valence-electron chi connectivity index (χ2n) is 3.40. The van der Waals surface area contributed by atoms with Gasteiger partial charge in [-0.15, -0.1) is 5.56 Å². The molecule has 0 aliphatic heterocycles. The van der Waals surface area contributed by atoms with E-state index in [-0.39, 0.29) is 40.3 Å². The van der Waals surface area contributed by atoms with Gasteiger partial charge in [-0.2, -0.15) is 29.8 Å². The van der Waals surface area contributed by atoms with Gasteiger partial charge in [0.15, 0.2) is 0 Å². The number of halogens is 3. The van der Waals surface area contributed by atoms with Crippen molar-refractivity contribution in [1.29, 1.82) is 0 Å². The maximum atomic E-state index is 3.30. The molecule has 0 N–H and O–H groups in total. The minimum Gasteiger partial charge on any atom is -1.00 e. The SMILES string of the molecule is [F-].[F-].[F-].[Zr+4].[c-]1cccc2c1Cc1ccccc1-2. The summed E-state index contributed by atoms with van der Waals surface area (Å²) in [6.07, 6.45) is 1.05. The largest absolute Gasteiger partial charge is 4.00 e. The van der Waals surface area contributed by atoms with Gasteiger partial charge in [-0.1, -0.05) is 35.4 Å². The zero-order valence-corrected chi connectivity index (χ0v) is 11.3. The minimum atomic E-state index is 0. The summed E-state index contributed by atoms with van der Waals surface area (Å²) in [5, 5.41) is 0. The number of fused-ring (bicyclic) bond motifs is 3. The first kappa shape index (κ1) is 18.5. The van der Waals surface area contributed by atoms with Crippen LogP contribution in [0.3, 0.4) is 0 Å². The summed E-state index contributed by atoms with van der Waals surface area (Å²) in [5.41, 5.74) is 5.51. The molecule has 1 aliphatic rings. The zero-order valence-electron chi connectivity index (χ0n) is 8.88. The molecule has 1 aliphatic carbocycles. The van der Waals surface area contributed by atoms with Crippen LogP contribution in [0.25, 0.3) is 11.1 Å². The minimum absolute atomic E-state index is 0. The standard InChI is InChI=1S/C13H9.3FH.Zr/c1-3-7-12-10(5-1)9-11-6-2-4-8-13(11)12;;;;/h1-5,7-8H,9H2;3*1H;/q-1;;;;+4/p-3. The molecule has 0 amide bonds. The molecular formula is C13H9F3Zr. The smallest absolute Gasteiger partial charge is 1.00 e. The van der Waals surface area contributed by atoms with Crippen molar-refractivity contribution in [2.75, 3.05) is 0 Å². The number of hydrogen-bond acceptors (Lipinski definition) is 0. The van der Waals surface area contributed by atoms with Crippen molar-refractivity contribution < 1.29 is 40.3 Å². The van der Waals surface area contributed by atoms with Gasteiger partial charge in [-0.25, -0.2) is 0 Å². The van der Waals surface area contributed by atoms with Crippen LogP contribution in [0.2, 0.25) is 0 Å². The van der Waals surface area contributed by atoms with Crippen LogP contribution in [-0.4, -0.2) is 0 Å².